The van der Waals surface area contributed by atoms with Crippen molar-refractivity contribution in [2.75, 3.05) is 31.3 Å². The molecule has 1 unspecified atom stereocenters. The van der Waals surface area contributed by atoms with Gasteiger partial charge < -0.3 is 15.0 Å². The quantitative estimate of drug-likeness (QED) is 0.907. The van der Waals surface area contributed by atoms with E-state index in [9.17, 15) is 4.79 Å². The molecular weight excluding hydrogens is 342 g/mol. The van der Waals surface area contributed by atoms with Gasteiger partial charge in [-0.05, 0) is 48.3 Å². The number of ether oxygens (including phenoxy) is 1. The molecule has 0 saturated carbocycles. The van der Waals surface area contributed by atoms with Crippen LogP contribution in [-0.2, 0) is 0 Å². The van der Waals surface area contributed by atoms with Gasteiger partial charge in [0, 0.05) is 36.8 Å². The van der Waals surface area contributed by atoms with Crippen LogP contribution in [0.3, 0.4) is 0 Å². The number of nitrogens with one attached hydrogen (secondary N) is 1. The Hall–Kier alpha value is -1.73. The van der Waals surface area contributed by atoms with Crippen LogP contribution in [0.25, 0.3) is 0 Å². The zero-order chi connectivity index (χ0) is 16.6. The number of hydrogen-bond acceptors (Lipinski definition) is 6. The van der Waals surface area contributed by atoms with Gasteiger partial charge in [-0.3, -0.25) is 4.79 Å². The summed E-state index contributed by atoms with van der Waals surface area (Å²) in [4.78, 5) is 15.0. The average molecular weight is 361 g/mol. The number of carbonyl (C=O) groups excluding carboxylic acids is 1. The number of anilines is 1. The molecule has 1 N–H and O–H groups in total. The van der Waals surface area contributed by atoms with Gasteiger partial charge in [-0.1, -0.05) is 0 Å². The smallest absolute Gasteiger partial charge is 0.265 e. The van der Waals surface area contributed by atoms with E-state index in [0.29, 0.717) is 6.04 Å². The van der Waals surface area contributed by atoms with Crippen LogP contribution in [0.4, 0.5) is 5.69 Å². The fourth-order valence-corrected chi connectivity index (χ4v) is 5.49. The molecule has 1 aromatic heterocycles. The summed E-state index contributed by atoms with van der Waals surface area (Å²) >= 11 is 3.27. The predicted molar refractivity (Wildman–Crippen MR) is 98.2 cm³/mol. The van der Waals surface area contributed by atoms with Crippen LogP contribution >= 0.6 is 23.3 Å². The summed E-state index contributed by atoms with van der Waals surface area (Å²) < 4.78 is 9.43. The molecule has 0 radical (unpaired) electrons. The van der Waals surface area contributed by atoms with E-state index in [1.807, 2.05) is 28.8 Å². The lowest BCUT2D eigenvalue weighted by atomic mass is 9.91. The molecule has 2 saturated heterocycles. The first-order valence-corrected chi connectivity index (χ1v) is 9.68. The van der Waals surface area contributed by atoms with Gasteiger partial charge in [0.15, 0.2) is 0 Å². The molecule has 4 rings (SSSR count). The molecule has 24 heavy (non-hydrogen) atoms. The Morgan fingerprint density at radius 3 is 2.79 bits per heavy atom. The van der Waals surface area contributed by atoms with Gasteiger partial charge in [0.2, 0.25) is 0 Å². The average Bonchev–Trinajstić information content (AvgIpc) is 3.23. The Labute approximate surface area is 149 Å². The van der Waals surface area contributed by atoms with Crippen LogP contribution in [0.2, 0.25) is 0 Å². The van der Waals surface area contributed by atoms with Gasteiger partial charge in [0.05, 0.1) is 11.9 Å². The van der Waals surface area contributed by atoms with Crippen molar-refractivity contribution in [3.05, 3.63) is 41.4 Å². The Bertz CT molecular complexity index is 712. The molecule has 0 aliphatic carbocycles. The molecular formula is C17H19N3O2S2. The standard InChI is InChI=1S/C17H19N3O2S2/c1-22-14-4-2-12(3-5-14)19-13-8-17(23-9-13)10-20(11-17)16(21)15-6-7-18-24-15/h2-7,13,19H,8-11H2,1H3. The van der Waals surface area contributed by atoms with E-state index >= 15 is 0 Å². The second-order valence-electron chi connectivity index (χ2n) is 6.31. The van der Waals surface area contributed by atoms with Crippen molar-refractivity contribution in [3.8, 4) is 5.75 Å². The van der Waals surface area contributed by atoms with Crippen molar-refractivity contribution in [2.24, 2.45) is 0 Å². The fourth-order valence-electron chi connectivity index (χ4n) is 3.36. The van der Waals surface area contributed by atoms with Crippen molar-refractivity contribution in [3.63, 3.8) is 0 Å². The van der Waals surface area contributed by atoms with Gasteiger partial charge in [-0.2, -0.15) is 0 Å². The summed E-state index contributed by atoms with van der Waals surface area (Å²) in [5, 5.41) is 3.60. The first kappa shape index (κ1) is 15.8. The lowest BCUT2D eigenvalue weighted by Crippen LogP contribution is -2.60. The number of likely N-dealkylation sites (tertiary alicyclic amines) is 1. The van der Waals surface area contributed by atoms with E-state index in [2.05, 4.69) is 21.8 Å². The van der Waals surface area contributed by atoms with E-state index in [1.165, 1.54) is 11.5 Å². The Balaban J connectivity index is 1.31. The molecule has 126 valence electrons. The van der Waals surface area contributed by atoms with E-state index < -0.39 is 0 Å². The molecule has 3 heterocycles. The third-order valence-electron chi connectivity index (χ3n) is 4.56. The third kappa shape index (κ3) is 2.98. The maximum absolute atomic E-state index is 12.3. The van der Waals surface area contributed by atoms with Gasteiger partial charge >= 0.3 is 0 Å². The minimum Gasteiger partial charge on any atom is -0.497 e. The van der Waals surface area contributed by atoms with Crippen molar-refractivity contribution >= 4 is 34.9 Å². The molecule has 2 aromatic rings. The lowest BCUT2D eigenvalue weighted by Gasteiger charge is -2.47. The minimum absolute atomic E-state index is 0.121. The van der Waals surface area contributed by atoms with Crippen LogP contribution in [0, 0.1) is 0 Å². The third-order valence-corrected chi connectivity index (χ3v) is 6.90. The molecule has 1 spiro atoms. The van der Waals surface area contributed by atoms with Gasteiger partial charge in [-0.25, -0.2) is 4.37 Å². The predicted octanol–water partition coefficient (Wildman–Crippen LogP) is 2.96. The zero-order valence-electron chi connectivity index (χ0n) is 13.4. The van der Waals surface area contributed by atoms with Crippen LogP contribution < -0.4 is 10.1 Å². The number of nitrogens with zero attached hydrogens (tertiary/aromatic N) is 2. The summed E-state index contributed by atoms with van der Waals surface area (Å²) in [5.74, 6) is 2.07. The van der Waals surface area contributed by atoms with E-state index in [1.54, 1.807) is 19.4 Å². The molecule has 1 aromatic carbocycles. The van der Waals surface area contributed by atoms with Crippen LogP contribution in [0.5, 0.6) is 5.75 Å². The van der Waals surface area contributed by atoms with Crippen LogP contribution in [0.1, 0.15) is 16.1 Å². The molecule has 1 atom stereocenters. The molecule has 2 aliphatic heterocycles. The lowest BCUT2D eigenvalue weighted by molar-refractivity contribution is 0.0562. The molecule has 1 amide bonds. The second kappa shape index (κ2) is 6.29. The van der Waals surface area contributed by atoms with E-state index in [0.717, 1.165) is 41.6 Å². The fraction of sp³-hybridized carbons (Fsp3) is 0.412. The molecule has 5 nitrogen and oxygen atoms in total. The van der Waals surface area contributed by atoms with Crippen molar-refractivity contribution in [1.82, 2.24) is 9.27 Å². The summed E-state index contributed by atoms with van der Waals surface area (Å²) in [6.45, 7) is 1.68. The SMILES string of the molecule is COc1ccc(NC2CSC3(C2)CN(C(=O)c2ccns2)C3)cc1. The number of amides is 1. The highest BCUT2D eigenvalue weighted by molar-refractivity contribution is 8.01. The zero-order valence-corrected chi connectivity index (χ0v) is 15.0. The van der Waals surface area contributed by atoms with Crippen LogP contribution in [-0.4, -0.2) is 51.9 Å². The normalized spacial score (nSPS) is 21.5. The molecule has 2 fully saturated rings. The minimum atomic E-state index is 0.121. The van der Waals surface area contributed by atoms with Gasteiger partial charge in [-0.15, -0.1) is 11.8 Å². The first-order chi connectivity index (χ1) is 11.7. The topological polar surface area (TPSA) is 54.5 Å². The van der Waals surface area contributed by atoms with E-state index in [4.69, 9.17) is 4.74 Å². The Morgan fingerprint density at radius 1 is 1.33 bits per heavy atom. The highest BCUT2D eigenvalue weighted by Crippen LogP contribution is 2.46. The number of thioether (sulfide) groups is 1. The number of carbonyl (C=O) groups is 1. The van der Waals surface area contributed by atoms with Crippen molar-refractivity contribution in [2.45, 2.75) is 17.2 Å². The first-order valence-electron chi connectivity index (χ1n) is 7.92. The molecule has 7 heteroatoms. The van der Waals surface area contributed by atoms with Crippen molar-refractivity contribution in [1.29, 1.82) is 0 Å². The van der Waals surface area contributed by atoms with Gasteiger partial charge in [0.1, 0.15) is 10.6 Å². The number of methoxy groups -OCH3 is 1. The van der Waals surface area contributed by atoms with Crippen LogP contribution in [0.15, 0.2) is 36.5 Å². The van der Waals surface area contributed by atoms with Crippen molar-refractivity contribution < 1.29 is 9.53 Å². The maximum atomic E-state index is 12.3. The highest BCUT2D eigenvalue weighted by Gasteiger charge is 2.50. The maximum Gasteiger partial charge on any atom is 0.265 e. The largest absolute Gasteiger partial charge is 0.497 e. The summed E-state index contributed by atoms with van der Waals surface area (Å²) in [5.41, 5.74) is 1.12. The summed E-state index contributed by atoms with van der Waals surface area (Å²) in [7, 11) is 1.68. The molecule has 0 bridgehead atoms. The number of rotatable bonds is 4. The highest BCUT2D eigenvalue weighted by atomic mass is 32.2. The number of benzene rings is 1. The Kier molecular flexibility index (Phi) is 4.14. The summed E-state index contributed by atoms with van der Waals surface area (Å²) in [6.07, 6.45) is 2.78. The monoisotopic (exact) mass is 361 g/mol. The molecule has 2 aliphatic rings. The number of hydrogen-bond donors (Lipinski definition) is 1. The Morgan fingerprint density at radius 2 is 2.12 bits per heavy atom. The summed E-state index contributed by atoms with van der Waals surface area (Å²) in [6, 6.07) is 10.3. The van der Waals surface area contributed by atoms with Gasteiger partial charge in [0.25, 0.3) is 5.91 Å². The second-order valence-corrected chi connectivity index (χ2v) is 8.63. The van der Waals surface area contributed by atoms with E-state index in [-0.39, 0.29) is 10.7 Å². The number of aromatic nitrogens is 1.